The normalized spacial score (nSPS) is 10.4. The lowest BCUT2D eigenvalue weighted by molar-refractivity contribution is -0.107. The SMILES string of the molecule is CCCOc1ccc(Cl)cc1CN(C)CCc1ccc(C(=O)NCc2ccc(OC)cc2)cc1.O=CCc1ccccc1. The molecule has 0 aliphatic rings. The lowest BCUT2D eigenvalue weighted by Gasteiger charge is -2.19. The number of amides is 1. The minimum atomic E-state index is -0.0833. The zero-order valence-corrected chi connectivity index (χ0v) is 26.0. The monoisotopic (exact) mass is 600 g/mol. The van der Waals surface area contributed by atoms with Gasteiger partial charge in [0.25, 0.3) is 5.91 Å². The predicted molar refractivity (Wildman–Crippen MR) is 174 cm³/mol. The van der Waals surface area contributed by atoms with E-state index in [1.54, 1.807) is 7.11 Å². The fraction of sp³-hybridized carbons (Fsp3) is 0.278. The Labute approximate surface area is 260 Å². The van der Waals surface area contributed by atoms with Crippen LogP contribution in [0.2, 0.25) is 5.02 Å². The molecule has 226 valence electrons. The number of benzene rings is 4. The van der Waals surface area contributed by atoms with Crippen molar-refractivity contribution in [2.24, 2.45) is 0 Å². The highest BCUT2D eigenvalue weighted by Gasteiger charge is 2.10. The second kappa shape index (κ2) is 18.4. The van der Waals surface area contributed by atoms with Crippen molar-refractivity contribution in [1.82, 2.24) is 10.2 Å². The lowest BCUT2D eigenvalue weighted by Crippen LogP contribution is -2.23. The molecule has 4 aromatic rings. The van der Waals surface area contributed by atoms with Crippen molar-refractivity contribution in [1.29, 1.82) is 0 Å². The molecule has 0 aliphatic heterocycles. The molecule has 4 rings (SSSR count). The molecular formula is C36H41ClN2O4. The van der Waals surface area contributed by atoms with Crippen molar-refractivity contribution >= 4 is 23.8 Å². The Morgan fingerprint density at radius 3 is 2.26 bits per heavy atom. The van der Waals surface area contributed by atoms with Crippen LogP contribution in [0.5, 0.6) is 11.5 Å². The molecule has 6 nitrogen and oxygen atoms in total. The zero-order chi connectivity index (χ0) is 30.9. The van der Waals surface area contributed by atoms with Gasteiger partial charge >= 0.3 is 0 Å². The quantitative estimate of drug-likeness (QED) is 0.155. The van der Waals surface area contributed by atoms with Crippen LogP contribution in [0.15, 0.2) is 97.1 Å². The van der Waals surface area contributed by atoms with Crippen LogP contribution in [0.3, 0.4) is 0 Å². The number of ether oxygens (including phenoxy) is 2. The number of hydrogen-bond acceptors (Lipinski definition) is 5. The standard InChI is InChI=1S/C28H33ClN2O3.C8H8O/c1-4-17-34-27-14-11-25(29)18-24(27)20-31(2)16-15-21-5-9-23(10-6-21)28(32)30-19-22-7-12-26(33-3)13-8-22;9-7-6-8-4-2-1-3-5-8/h5-14,18H,4,15-17,19-20H2,1-3H3,(H,30,32);1-5,7H,6H2. The molecule has 0 bridgehead atoms. The highest BCUT2D eigenvalue weighted by atomic mass is 35.5. The molecule has 0 aliphatic carbocycles. The third kappa shape index (κ3) is 11.9. The highest BCUT2D eigenvalue weighted by molar-refractivity contribution is 6.30. The van der Waals surface area contributed by atoms with Gasteiger partial charge in [-0.25, -0.2) is 0 Å². The van der Waals surface area contributed by atoms with Gasteiger partial charge in [-0.15, -0.1) is 0 Å². The van der Waals surface area contributed by atoms with E-state index in [-0.39, 0.29) is 5.91 Å². The Morgan fingerprint density at radius 1 is 0.907 bits per heavy atom. The molecule has 1 amide bonds. The number of methoxy groups -OCH3 is 1. The van der Waals surface area contributed by atoms with Gasteiger partial charge in [-0.1, -0.05) is 73.1 Å². The van der Waals surface area contributed by atoms with Gasteiger partial charge in [0.1, 0.15) is 17.8 Å². The maximum absolute atomic E-state index is 12.5. The van der Waals surface area contributed by atoms with Crippen molar-refractivity contribution in [2.75, 3.05) is 27.3 Å². The molecule has 7 heteroatoms. The van der Waals surface area contributed by atoms with E-state index in [0.717, 1.165) is 60.4 Å². The number of aldehydes is 1. The summed E-state index contributed by atoms with van der Waals surface area (Å²) in [6.07, 6.45) is 3.29. The van der Waals surface area contributed by atoms with Gasteiger partial charge in [0.05, 0.1) is 13.7 Å². The zero-order valence-electron chi connectivity index (χ0n) is 25.2. The van der Waals surface area contributed by atoms with E-state index in [1.165, 1.54) is 5.56 Å². The van der Waals surface area contributed by atoms with E-state index in [2.05, 4.69) is 24.2 Å². The lowest BCUT2D eigenvalue weighted by atomic mass is 10.1. The van der Waals surface area contributed by atoms with E-state index in [9.17, 15) is 9.59 Å². The first-order chi connectivity index (χ1) is 20.9. The first-order valence-electron chi connectivity index (χ1n) is 14.5. The number of hydrogen-bond donors (Lipinski definition) is 1. The number of nitrogens with one attached hydrogen (secondary N) is 1. The largest absolute Gasteiger partial charge is 0.497 e. The molecule has 0 saturated carbocycles. The van der Waals surface area contributed by atoms with Crippen molar-refractivity contribution < 1.29 is 19.1 Å². The predicted octanol–water partition coefficient (Wildman–Crippen LogP) is 7.17. The van der Waals surface area contributed by atoms with Gasteiger partial charge in [-0.2, -0.15) is 0 Å². The van der Waals surface area contributed by atoms with Crippen molar-refractivity contribution in [2.45, 2.75) is 39.3 Å². The number of nitrogens with zero attached hydrogens (tertiary/aromatic N) is 1. The summed E-state index contributed by atoms with van der Waals surface area (Å²) >= 11 is 6.21. The third-order valence-corrected chi connectivity index (χ3v) is 6.93. The summed E-state index contributed by atoms with van der Waals surface area (Å²) in [6, 6.07) is 30.9. The van der Waals surface area contributed by atoms with Gasteiger partial charge in [-0.3, -0.25) is 4.79 Å². The fourth-order valence-electron chi connectivity index (χ4n) is 4.28. The molecule has 0 spiro atoms. The summed E-state index contributed by atoms with van der Waals surface area (Å²) < 4.78 is 11.0. The van der Waals surface area contributed by atoms with Crippen LogP contribution in [-0.2, 0) is 30.7 Å². The van der Waals surface area contributed by atoms with Crippen molar-refractivity contribution in [3.05, 3.63) is 130 Å². The Bertz CT molecular complexity index is 1390. The summed E-state index contributed by atoms with van der Waals surface area (Å²) in [5.41, 5.74) is 5.03. The summed E-state index contributed by atoms with van der Waals surface area (Å²) in [6.45, 7) is 4.90. The molecule has 0 fully saturated rings. The highest BCUT2D eigenvalue weighted by Crippen LogP contribution is 2.24. The van der Waals surface area contributed by atoms with Crippen molar-refractivity contribution in [3.8, 4) is 11.5 Å². The number of carbonyl (C=O) groups excluding carboxylic acids is 2. The average Bonchev–Trinajstić information content (AvgIpc) is 3.04. The third-order valence-electron chi connectivity index (χ3n) is 6.70. The van der Waals surface area contributed by atoms with Crippen LogP contribution in [-0.4, -0.2) is 44.4 Å². The van der Waals surface area contributed by atoms with Crippen LogP contribution < -0.4 is 14.8 Å². The summed E-state index contributed by atoms with van der Waals surface area (Å²) in [7, 11) is 3.72. The van der Waals surface area contributed by atoms with E-state index in [0.29, 0.717) is 30.2 Å². The first-order valence-corrected chi connectivity index (χ1v) is 14.9. The number of rotatable bonds is 14. The molecule has 43 heavy (non-hydrogen) atoms. The second-order valence-corrected chi connectivity index (χ2v) is 10.6. The number of likely N-dealkylation sites (N-methyl/N-ethyl adjacent to an activating group) is 1. The number of halogens is 1. The topological polar surface area (TPSA) is 67.9 Å². The second-order valence-electron chi connectivity index (χ2n) is 10.2. The maximum Gasteiger partial charge on any atom is 0.251 e. The van der Waals surface area contributed by atoms with Crippen LogP contribution in [0.1, 0.15) is 46.0 Å². The Hall–Kier alpha value is -4.13. The molecule has 0 radical (unpaired) electrons. The van der Waals surface area contributed by atoms with Crippen LogP contribution in [0, 0.1) is 0 Å². The van der Waals surface area contributed by atoms with Crippen LogP contribution in [0.4, 0.5) is 0 Å². The molecule has 0 unspecified atom stereocenters. The molecule has 1 N–H and O–H groups in total. The van der Waals surface area contributed by atoms with E-state index in [4.69, 9.17) is 21.1 Å². The molecule has 0 atom stereocenters. The Balaban J connectivity index is 0.000000480. The van der Waals surface area contributed by atoms with Crippen LogP contribution in [0.25, 0.3) is 0 Å². The average molecular weight is 601 g/mol. The molecule has 0 heterocycles. The minimum Gasteiger partial charge on any atom is -0.497 e. The molecule has 0 saturated heterocycles. The van der Waals surface area contributed by atoms with Gasteiger partial charge < -0.3 is 24.5 Å². The van der Waals surface area contributed by atoms with Crippen molar-refractivity contribution in [3.63, 3.8) is 0 Å². The summed E-state index contributed by atoms with van der Waals surface area (Å²) in [4.78, 5) is 24.7. The van der Waals surface area contributed by atoms with Gasteiger partial charge in [-0.05, 0) is 79.0 Å². The molecular weight excluding hydrogens is 560 g/mol. The van der Waals surface area contributed by atoms with E-state index in [1.807, 2.05) is 97.1 Å². The summed E-state index contributed by atoms with van der Waals surface area (Å²) in [5.74, 6) is 1.61. The van der Waals surface area contributed by atoms with Gasteiger partial charge in [0.2, 0.25) is 0 Å². The maximum atomic E-state index is 12.5. The Morgan fingerprint density at radius 2 is 1.60 bits per heavy atom. The number of carbonyl (C=O) groups is 2. The Kier molecular flexibility index (Phi) is 14.3. The van der Waals surface area contributed by atoms with Gasteiger partial charge in [0.15, 0.2) is 0 Å². The first kappa shape index (κ1) is 33.4. The minimum absolute atomic E-state index is 0.0833. The van der Waals surface area contributed by atoms with Crippen LogP contribution >= 0.6 is 11.6 Å². The molecule has 0 aromatic heterocycles. The summed E-state index contributed by atoms with van der Waals surface area (Å²) in [5, 5.41) is 3.68. The van der Waals surface area contributed by atoms with E-state index < -0.39 is 0 Å². The fourth-order valence-corrected chi connectivity index (χ4v) is 4.47. The molecule has 4 aromatic carbocycles. The smallest absolute Gasteiger partial charge is 0.251 e. The van der Waals surface area contributed by atoms with E-state index >= 15 is 0 Å². The van der Waals surface area contributed by atoms with Gasteiger partial charge in [0, 0.05) is 42.2 Å².